The number of benzene rings is 2. The third kappa shape index (κ3) is 6.26. The zero-order valence-corrected chi connectivity index (χ0v) is 18.7. The predicted octanol–water partition coefficient (Wildman–Crippen LogP) is 5.92. The topological polar surface area (TPSA) is 54.5 Å². The summed E-state index contributed by atoms with van der Waals surface area (Å²) in [7, 11) is 1.87. The molecule has 0 saturated carbocycles. The van der Waals surface area contributed by atoms with Crippen LogP contribution in [0.1, 0.15) is 28.4 Å². The van der Waals surface area contributed by atoms with Gasteiger partial charge >= 0.3 is 0 Å². The van der Waals surface area contributed by atoms with Gasteiger partial charge in [0.25, 0.3) is 5.91 Å². The van der Waals surface area contributed by atoms with E-state index in [1.54, 1.807) is 49.5 Å². The van der Waals surface area contributed by atoms with E-state index in [1.807, 2.05) is 25.1 Å². The summed E-state index contributed by atoms with van der Waals surface area (Å²) in [5.74, 6) is 0.00141. The van der Waals surface area contributed by atoms with E-state index in [4.69, 9.17) is 4.74 Å². The Hall–Kier alpha value is -4.00. The third-order valence-electron chi connectivity index (χ3n) is 4.93. The normalized spacial score (nSPS) is 11.1. The van der Waals surface area contributed by atoms with Gasteiger partial charge in [0, 0.05) is 49.2 Å². The molecule has 0 atom stereocenters. The number of allylic oxidation sites excluding steroid dienone is 2. The van der Waals surface area contributed by atoms with Crippen molar-refractivity contribution in [2.75, 3.05) is 11.9 Å². The first-order valence-corrected chi connectivity index (χ1v) is 10.3. The van der Waals surface area contributed by atoms with Crippen molar-refractivity contribution in [2.45, 2.75) is 20.4 Å². The molecule has 2 aromatic carbocycles. The summed E-state index contributed by atoms with van der Waals surface area (Å²) < 4.78 is 32.8. The minimum atomic E-state index is -0.691. The molecule has 1 amide bonds. The molecule has 0 saturated heterocycles. The van der Waals surface area contributed by atoms with E-state index in [0.29, 0.717) is 34.0 Å². The molecular weight excluding hydrogens is 424 g/mol. The van der Waals surface area contributed by atoms with Gasteiger partial charge < -0.3 is 15.0 Å². The summed E-state index contributed by atoms with van der Waals surface area (Å²) in [5, 5.41) is 2.69. The van der Waals surface area contributed by atoms with E-state index < -0.39 is 11.6 Å². The molecular formula is C26H25F2N3O2. The molecule has 3 rings (SSSR count). The quantitative estimate of drug-likeness (QED) is 0.434. The van der Waals surface area contributed by atoms with Crippen LogP contribution in [0.25, 0.3) is 0 Å². The van der Waals surface area contributed by atoms with Gasteiger partial charge in [0.1, 0.15) is 29.0 Å². The average Bonchev–Trinajstić information content (AvgIpc) is 2.78. The molecule has 0 aliphatic rings. The minimum absolute atomic E-state index is 0.00424. The van der Waals surface area contributed by atoms with Crippen molar-refractivity contribution in [1.29, 1.82) is 0 Å². The molecule has 33 heavy (non-hydrogen) atoms. The van der Waals surface area contributed by atoms with Crippen LogP contribution in [0.4, 0.5) is 14.6 Å². The molecule has 170 valence electrons. The van der Waals surface area contributed by atoms with E-state index in [-0.39, 0.29) is 12.5 Å². The summed E-state index contributed by atoms with van der Waals surface area (Å²) in [6.45, 7) is 7.45. The Kier molecular flexibility index (Phi) is 7.56. The van der Waals surface area contributed by atoms with Crippen LogP contribution >= 0.6 is 0 Å². The highest BCUT2D eigenvalue weighted by atomic mass is 19.1. The van der Waals surface area contributed by atoms with Crippen LogP contribution in [-0.2, 0) is 6.54 Å². The predicted molar refractivity (Wildman–Crippen MR) is 125 cm³/mol. The molecule has 0 aliphatic carbocycles. The van der Waals surface area contributed by atoms with Crippen molar-refractivity contribution < 1.29 is 18.3 Å². The number of nitrogens with zero attached hydrogens (tertiary/aromatic N) is 2. The highest BCUT2D eigenvalue weighted by Crippen LogP contribution is 2.29. The minimum Gasteiger partial charge on any atom is -0.457 e. The Labute approximate surface area is 192 Å². The van der Waals surface area contributed by atoms with Gasteiger partial charge in [-0.05, 0) is 55.3 Å². The lowest BCUT2D eigenvalue weighted by Gasteiger charge is -2.16. The number of hydrogen-bond acceptors (Lipinski definition) is 4. The molecule has 0 fully saturated rings. The standard InChI is InChI=1S/C26H25F2N3O2/c1-5-17(2)16-31(4)25-14-22(9-10-29-25)33-24-8-6-7-23(18(24)3)26(32)30-15-19-11-20(27)13-21(28)12-19/h5-14,16H,1,15H2,2-4H3,(H,30,32)/b17-16-. The van der Waals surface area contributed by atoms with Crippen molar-refractivity contribution in [3.05, 3.63) is 107 Å². The van der Waals surface area contributed by atoms with Crippen LogP contribution < -0.4 is 15.0 Å². The number of carbonyl (C=O) groups is 1. The lowest BCUT2D eigenvalue weighted by molar-refractivity contribution is 0.0950. The summed E-state index contributed by atoms with van der Waals surface area (Å²) in [6, 6.07) is 11.8. The van der Waals surface area contributed by atoms with Gasteiger partial charge in [-0.2, -0.15) is 0 Å². The summed E-state index contributed by atoms with van der Waals surface area (Å²) in [5.41, 5.74) is 2.36. The Morgan fingerprint density at radius 2 is 1.91 bits per heavy atom. The second-order valence-corrected chi connectivity index (χ2v) is 7.53. The number of nitrogens with one attached hydrogen (secondary N) is 1. The molecule has 0 unspecified atom stereocenters. The number of hydrogen-bond donors (Lipinski definition) is 1. The Balaban J connectivity index is 1.75. The number of aromatic nitrogens is 1. The molecule has 5 nitrogen and oxygen atoms in total. The van der Waals surface area contributed by atoms with Crippen molar-refractivity contribution in [2.24, 2.45) is 0 Å². The summed E-state index contributed by atoms with van der Waals surface area (Å²) in [6.07, 6.45) is 5.30. The molecule has 1 N–H and O–H groups in total. The van der Waals surface area contributed by atoms with E-state index in [9.17, 15) is 13.6 Å². The molecule has 0 spiro atoms. The van der Waals surface area contributed by atoms with Crippen LogP contribution in [-0.4, -0.2) is 17.9 Å². The fourth-order valence-corrected chi connectivity index (χ4v) is 3.17. The lowest BCUT2D eigenvalue weighted by Crippen LogP contribution is -2.23. The zero-order valence-electron chi connectivity index (χ0n) is 18.7. The molecule has 7 heteroatoms. The smallest absolute Gasteiger partial charge is 0.251 e. The monoisotopic (exact) mass is 449 g/mol. The van der Waals surface area contributed by atoms with Crippen LogP contribution in [0, 0.1) is 18.6 Å². The number of pyridine rings is 1. The van der Waals surface area contributed by atoms with Crippen LogP contribution in [0.15, 0.2) is 79.2 Å². The first kappa shape index (κ1) is 23.7. The number of rotatable bonds is 8. The average molecular weight is 450 g/mol. The fraction of sp³-hybridized carbons (Fsp3) is 0.154. The third-order valence-corrected chi connectivity index (χ3v) is 4.93. The van der Waals surface area contributed by atoms with Crippen LogP contribution in [0.2, 0.25) is 0 Å². The zero-order chi connectivity index (χ0) is 24.0. The van der Waals surface area contributed by atoms with E-state index in [0.717, 1.165) is 11.6 Å². The maximum atomic E-state index is 13.4. The Bertz CT molecular complexity index is 1190. The first-order chi connectivity index (χ1) is 15.8. The van der Waals surface area contributed by atoms with Gasteiger partial charge in [0.15, 0.2) is 0 Å². The largest absolute Gasteiger partial charge is 0.457 e. The lowest BCUT2D eigenvalue weighted by atomic mass is 10.1. The van der Waals surface area contributed by atoms with Gasteiger partial charge in [0.05, 0.1) is 0 Å². The molecule has 0 aliphatic heterocycles. The Morgan fingerprint density at radius 3 is 2.61 bits per heavy atom. The number of anilines is 1. The molecule has 0 bridgehead atoms. The second-order valence-electron chi connectivity index (χ2n) is 7.53. The first-order valence-electron chi connectivity index (χ1n) is 10.3. The van der Waals surface area contributed by atoms with Crippen LogP contribution in [0.3, 0.4) is 0 Å². The highest BCUT2D eigenvalue weighted by Gasteiger charge is 2.14. The summed E-state index contributed by atoms with van der Waals surface area (Å²) >= 11 is 0. The Morgan fingerprint density at radius 1 is 1.18 bits per heavy atom. The highest BCUT2D eigenvalue weighted by molar-refractivity contribution is 5.96. The fourth-order valence-electron chi connectivity index (χ4n) is 3.17. The maximum absolute atomic E-state index is 13.4. The van der Waals surface area contributed by atoms with E-state index >= 15 is 0 Å². The van der Waals surface area contributed by atoms with Gasteiger partial charge in [-0.25, -0.2) is 13.8 Å². The van der Waals surface area contributed by atoms with Crippen LogP contribution in [0.5, 0.6) is 11.5 Å². The van der Waals surface area contributed by atoms with Gasteiger partial charge in [-0.15, -0.1) is 0 Å². The number of halogens is 2. The summed E-state index contributed by atoms with van der Waals surface area (Å²) in [4.78, 5) is 18.9. The number of ether oxygens (including phenoxy) is 1. The van der Waals surface area contributed by atoms with Gasteiger partial charge in [-0.1, -0.05) is 18.7 Å². The van der Waals surface area contributed by atoms with E-state index in [2.05, 4.69) is 16.9 Å². The van der Waals surface area contributed by atoms with Crippen molar-refractivity contribution in [3.63, 3.8) is 0 Å². The number of amides is 1. The van der Waals surface area contributed by atoms with Crippen molar-refractivity contribution >= 4 is 11.7 Å². The van der Waals surface area contributed by atoms with Gasteiger partial charge in [-0.3, -0.25) is 4.79 Å². The number of carbonyl (C=O) groups excluding carboxylic acids is 1. The van der Waals surface area contributed by atoms with Gasteiger partial charge in [0.2, 0.25) is 0 Å². The second kappa shape index (κ2) is 10.5. The molecule has 1 aromatic heterocycles. The molecule has 1 heterocycles. The van der Waals surface area contributed by atoms with E-state index in [1.165, 1.54) is 12.1 Å². The molecule has 3 aromatic rings. The SMILES string of the molecule is C=C/C(C)=C\N(C)c1cc(Oc2cccc(C(=O)NCc3cc(F)cc(F)c3)c2C)ccn1. The maximum Gasteiger partial charge on any atom is 0.251 e. The van der Waals surface area contributed by atoms with Crippen molar-refractivity contribution in [3.8, 4) is 11.5 Å². The molecule has 0 radical (unpaired) electrons. The van der Waals surface area contributed by atoms with Crippen molar-refractivity contribution in [1.82, 2.24) is 10.3 Å².